The summed E-state index contributed by atoms with van der Waals surface area (Å²) >= 11 is 1.10. The highest BCUT2D eigenvalue weighted by molar-refractivity contribution is 7.13. The summed E-state index contributed by atoms with van der Waals surface area (Å²) < 4.78 is 45.9. The minimum absolute atomic E-state index is 0.220. The molecule has 0 fully saturated rings. The number of ketones is 1. The van der Waals surface area contributed by atoms with Crippen LogP contribution >= 0.6 is 11.3 Å². The van der Waals surface area contributed by atoms with Crippen LogP contribution < -0.4 is 16.0 Å². The molecule has 0 aliphatic heterocycles. The number of carbonyl (C=O) groups excluding carboxylic acids is 4. The van der Waals surface area contributed by atoms with Gasteiger partial charge in [0.05, 0.1) is 17.7 Å². The van der Waals surface area contributed by atoms with E-state index in [0.717, 1.165) is 23.5 Å². The van der Waals surface area contributed by atoms with Crippen LogP contribution in [0, 0.1) is 0 Å². The Labute approximate surface area is 197 Å². The van der Waals surface area contributed by atoms with Crippen LogP contribution in [-0.2, 0) is 20.5 Å². The third-order valence-corrected chi connectivity index (χ3v) is 4.73. The highest BCUT2D eigenvalue weighted by Gasteiger charge is 2.36. The molecule has 184 valence electrons. The fourth-order valence-electron chi connectivity index (χ4n) is 2.63. The van der Waals surface area contributed by atoms with Gasteiger partial charge in [0.25, 0.3) is 0 Å². The van der Waals surface area contributed by atoms with Crippen LogP contribution in [0.2, 0.25) is 0 Å². The number of halogens is 3. The molecule has 0 bridgehead atoms. The number of nitrogens with one attached hydrogen (secondary N) is 3. The first-order valence-electron chi connectivity index (χ1n) is 9.90. The molecule has 3 amide bonds. The van der Waals surface area contributed by atoms with Crippen molar-refractivity contribution in [2.24, 2.45) is 0 Å². The SMILES string of the molecule is C[C@H](NC(=O)OC(C)(C)C)C(=O)Nc1c(C(=O)CC(=O)Nc2nccs2)cccc1C(F)(F)F. The number of ether oxygens (including phenoxy) is 1. The summed E-state index contributed by atoms with van der Waals surface area (Å²) in [4.78, 5) is 53.1. The molecule has 1 aromatic heterocycles. The average molecular weight is 500 g/mol. The average Bonchev–Trinajstić information content (AvgIpc) is 3.18. The van der Waals surface area contributed by atoms with Gasteiger partial charge >= 0.3 is 12.3 Å². The Balaban J connectivity index is 2.25. The molecule has 1 aromatic carbocycles. The van der Waals surface area contributed by atoms with Gasteiger partial charge in [-0.3, -0.25) is 14.4 Å². The molecule has 0 aliphatic carbocycles. The van der Waals surface area contributed by atoms with Crippen LogP contribution in [0.3, 0.4) is 0 Å². The van der Waals surface area contributed by atoms with Gasteiger partial charge in [0.2, 0.25) is 11.8 Å². The topological polar surface area (TPSA) is 126 Å². The zero-order valence-electron chi connectivity index (χ0n) is 18.7. The first kappa shape index (κ1) is 26.8. The first-order valence-corrected chi connectivity index (χ1v) is 10.8. The minimum Gasteiger partial charge on any atom is -0.444 e. The van der Waals surface area contributed by atoms with E-state index in [1.165, 1.54) is 13.1 Å². The van der Waals surface area contributed by atoms with Crippen LogP contribution in [0.5, 0.6) is 0 Å². The van der Waals surface area contributed by atoms with Crippen LogP contribution in [0.1, 0.15) is 50.0 Å². The standard InChI is InChI=1S/C21H23F3N4O5S/c1-11(26-19(32)33-20(2,3)4)17(31)28-16-12(6-5-7-13(16)21(22,23)24)14(29)10-15(30)27-18-25-8-9-34-18/h5-9,11H,10H2,1-4H3,(H,26,32)(H,28,31)(H,25,27,30)/t11-/m0/s1. The number of alkyl halides is 3. The molecule has 3 N–H and O–H groups in total. The largest absolute Gasteiger partial charge is 0.444 e. The molecule has 0 aliphatic rings. The number of hydrogen-bond donors (Lipinski definition) is 3. The molecule has 1 atom stereocenters. The second kappa shape index (κ2) is 10.6. The lowest BCUT2D eigenvalue weighted by Gasteiger charge is -2.22. The van der Waals surface area contributed by atoms with Gasteiger partial charge in [-0.1, -0.05) is 6.07 Å². The molecule has 0 radical (unpaired) electrons. The van der Waals surface area contributed by atoms with E-state index in [4.69, 9.17) is 4.74 Å². The van der Waals surface area contributed by atoms with E-state index in [-0.39, 0.29) is 5.13 Å². The number of para-hydroxylation sites is 1. The fourth-order valence-corrected chi connectivity index (χ4v) is 3.17. The first-order chi connectivity index (χ1) is 15.7. The van der Waals surface area contributed by atoms with Crippen molar-refractivity contribution in [1.82, 2.24) is 10.3 Å². The van der Waals surface area contributed by atoms with E-state index < -0.39 is 64.7 Å². The van der Waals surface area contributed by atoms with Gasteiger partial charge in [-0.2, -0.15) is 13.2 Å². The van der Waals surface area contributed by atoms with E-state index in [2.05, 4.69) is 20.9 Å². The number of carbonyl (C=O) groups is 4. The van der Waals surface area contributed by atoms with Gasteiger partial charge in [0.1, 0.15) is 11.6 Å². The molecule has 1 heterocycles. The smallest absolute Gasteiger partial charge is 0.418 e. The van der Waals surface area contributed by atoms with Crippen molar-refractivity contribution in [3.63, 3.8) is 0 Å². The number of hydrogen-bond acceptors (Lipinski definition) is 7. The Morgan fingerprint density at radius 3 is 2.35 bits per heavy atom. The predicted octanol–water partition coefficient (Wildman–Crippen LogP) is 4.23. The van der Waals surface area contributed by atoms with Crippen molar-refractivity contribution in [2.45, 2.75) is 51.9 Å². The van der Waals surface area contributed by atoms with Crippen LogP contribution in [0.25, 0.3) is 0 Å². The van der Waals surface area contributed by atoms with E-state index in [0.29, 0.717) is 6.07 Å². The number of alkyl carbamates (subject to hydrolysis) is 1. The molecular formula is C21H23F3N4O5S. The fraction of sp³-hybridized carbons (Fsp3) is 0.381. The summed E-state index contributed by atoms with van der Waals surface area (Å²) in [6.45, 7) is 6.02. The number of rotatable bonds is 7. The molecule has 9 nitrogen and oxygen atoms in total. The normalized spacial score (nSPS) is 12.4. The van der Waals surface area contributed by atoms with E-state index in [1.54, 1.807) is 26.2 Å². The van der Waals surface area contributed by atoms with E-state index in [1.807, 2.05) is 0 Å². The molecule has 0 unspecified atom stereocenters. The van der Waals surface area contributed by atoms with Gasteiger partial charge in [-0.25, -0.2) is 9.78 Å². The molecule has 13 heteroatoms. The molecular weight excluding hydrogens is 477 g/mol. The van der Waals surface area contributed by atoms with Crippen molar-refractivity contribution in [1.29, 1.82) is 0 Å². The number of aromatic nitrogens is 1. The summed E-state index contributed by atoms with van der Waals surface area (Å²) in [6, 6.07) is 1.45. The van der Waals surface area contributed by atoms with Gasteiger partial charge in [0.15, 0.2) is 10.9 Å². The monoisotopic (exact) mass is 500 g/mol. The molecule has 0 saturated heterocycles. The van der Waals surface area contributed by atoms with Gasteiger partial charge < -0.3 is 20.7 Å². The zero-order valence-corrected chi connectivity index (χ0v) is 19.5. The van der Waals surface area contributed by atoms with E-state index >= 15 is 0 Å². The third-order valence-electron chi connectivity index (χ3n) is 4.04. The molecule has 2 aromatic rings. The summed E-state index contributed by atoms with van der Waals surface area (Å²) in [6.07, 6.45) is -5.22. The summed E-state index contributed by atoms with van der Waals surface area (Å²) in [7, 11) is 0. The predicted molar refractivity (Wildman–Crippen MR) is 119 cm³/mol. The van der Waals surface area contributed by atoms with Crippen molar-refractivity contribution in [3.8, 4) is 0 Å². The van der Waals surface area contributed by atoms with Crippen molar-refractivity contribution in [2.75, 3.05) is 10.6 Å². The lowest BCUT2D eigenvalue weighted by Crippen LogP contribution is -2.44. The van der Waals surface area contributed by atoms with Crippen LogP contribution in [0.4, 0.5) is 28.8 Å². The Kier molecular flexibility index (Phi) is 8.37. The van der Waals surface area contributed by atoms with Crippen molar-refractivity contribution >= 4 is 45.8 Å². The molecule has 2 rings (SSSR count). The minimum atomic E-state index is -4.91. The Hall–Kier alpha value is -3.48. The Morgan fingerprint density at radius 1 is 1.12 bits per heavy atom. The van der Waals surface area contributed by atoms with Gasteiger partial charge in [0, 0.05) is 17.1 Å². The number of nitrogens with zero attached hydrogens (tertiary/aromatic N) is 1. The third kappa shape index (κ3) is 7.83. The molecule has 34 heavy (non-hydrogen) atoms. The highest BCUT2D eigenvalue weighted by Crippen LogP contribution is 2.37. The maximum absolute atomic E-state index is 13.6. The molecule has 0 spiro atoms. The number of amides is 3. The maximum atomic E-state index is 13.6. The van der Waals surface area contributed by atoms with Gasteiger partial charge in [-0.15, -0.1) is 11.3 Å². The highest BCUT2D eigenvalue weighted by atomic mass is 32.1. The summed E-state index contributed by atoms with van der Waals surface area (Å²) in [5, 5.41) is 8.44. The molecule has 0 saturated carbocycles. The lowest BCUT2D eigenvalue weighted by molar-refractivity contribution is -0.137. The zero-order chi connectivity index (χ0) is 25.7. The second-order valence-electron chi connectivity index (χ2n) is 8.07. The number of anilines is 2. The Bertz CT molecular complexity index is 1070. The Morgan fingerprint density at radius 2 is 1.79 bits per heavy atom. The summed E-state index contributed by atoms with van der Waals surface area (Å²) in [5.74, 6) is -2.76. The van der Waals surface area contributed by atoms with Crippen LogP contribution in [-0.4, -0.2) is 40.3 Å². The quantitative estimate of drug-likeness (QED) is 0.386. The van der Waals surface area contributed by atoms with E-state index in [9.17, 15) is 32.3 Å². The van der Waals surface area contributed by atoms with Crippen molar-refractivity contribution in [3.05, 3.63) is 40.9 Å². The van der Waals surface area contributed by atoms with Gasteiger partial charge in [-0.05, 0) is 39.8 Å². The number of thiazole rings is 1. The maximum Gasteiger partial charge on any atom is 0.418 e. The summed E-state index contributed by atoms with van der Waals surface area (Å²) in [5.41, 5.74) is -3.47. The number of benzene rings is 1. The lowest BCUT2D eigenvalue weighted by atomic mass is 10.0. The second-order valence-corrected chi connectivity index (χ2v) is 8.96. The van der Waals surface area contributed by atoms with Crippen molar-refractivity contribution < 1.29 is 37.1 Å². The van der Waals surface area contributed by atoms with Crippen LogP contribution in [0.15, 0.2) is 29.8 Å². The number of Topliss-reactive ketones (excluding diaryl/α,β-unsaturated/α-hetero) is 1.